The summed E-state index contributed by atoms with van der Waals surface area (Å²) in [5.74, 6) is 0.0724. The highest BCUT2D eigenvalue weighted by Crippen LogP contribution is 2.28. The Hall–Kier alpha value is -1.33. The van der Waals surface area contributed by atoms with Gasteiger partial charge in [-0.1, -0.05) is 29.8 Å². The number of carbonyl (C=O) groups is 1. The summed E-state index contributed by atoms with van der Waals surface area (Å²) in [6.45, 7) is 6.04. The van der Waals surface area contributed by atoms with Gasteiger partial charge in [-0.15, -0.1) is 0 Å². The second-order valence-corrected chi connectivity index (χ2v) is 6.62. The Morgan fingerprint density at radius 1 is 1.45 bits per heavy atom. The molecule has 0 spiro atoms. The van der Waals surface area contributed by atoms with E-state index in [0.29, 0.717) is 17.9 Å². The van der Waals surface area contributed by atoms with Gasteiger partial charge in [-0.3, -0.25) is 4.79 Å². The number of nitrogens with one attached hydrogen (secondary N) is 1. The monoisotopic (exact) mass is 339 g/mol. The largest absolute Gasteiger partial charge is 0.451 e. The average Bonchev–Trinajstić information content (AvgIpc) is 2.74. The summed E-state index contributed by atoms with van der Waals surface area (Å²) in [7, 11) is 0. The second kappa shape index (κ2) is 5.58. The van der Waals surface area contributed by atoms with E-state index in [1.807, 2.05) is 39.0 Å². The number of benzene rings is 1. The predicted molar refractivity (Wildman–Crippen MR) is 81.9 cm³/mol. The van der Waals surface area contributed by atoms with Crippen LogP contribution in [-0.4, -0.2) is 24.2 Å². The Kier molecular flexibility index (Phi) is 4.20. The molecule has 2 aromatic rings. The van der Waals surface area contributed by atoms with Crippen LogP contribution in [0.2, 0.25) is 0 Å². The first kappa shape index (κ1) is 15.1. The average molecular weight is 340 g/mol. The maximum atomic E-state index is 12.2. The van der Waals surface area contributed by atoms with Crippen LogP contribution in [0.25, 0.3) is 11.0 Å². The molecule has 0 aliphatic rings. The third-order valence-corrected chi connectivity index (χ3v) is 3.75. The highest BCUT2D eigenvalue weighted by Gasteiger charge is 2.21. The maximum Gasteiger partial charge on any atom is 0.287 e. The molecule has 2 N–H and O–H groups in total. The Morgan fingerprint density at radius 3 is 2.80 bits per heavy atom. The number of halogens is 1. The lowest BCUT2D eigenvalue weighted by Gasteiger charge is -2.21. The summed E-state index contributed by atoms with van der Waals surface area (Å²) in [6.07, 6.45) is 0. The van der Waals surface area contributed by atoms with Crippen LogP contribution in [0.3, 0.4) is 0 Å². The highest BCUT2D eigenvalue weighted by atomic mass is 79.9. The molecular formula is C15H18BrNO3. The normalized spacial score (nSPS) is 11.8. The summed E-state index contributed by atoms with van der Waals surface area (Å²) in [5.41, 5.74) is 1.16. The lowest BCUT2D eigenvalue weighted by Crippen LogP contribution is -2.36. The molecule has 0 aliphatic carbocycles. The molecule has 108 valence electrons. The van der Waals surface area contributed by atoms with Crippen molar-refractivity contribution < 1.29 is 14.3 Å². The summed E-state index contributed by atoms with van der Waals surface area (Å²) in [5, 5.41) is 12.9. The third kappa shape index (κ3) is 3.04. The molecule has 20 heavy (non-hydrogen) atoms. The predicted octanol–water partition coefficient (Wildman–Crippen LogP) is 3.25. The van der Waals surface area contributed by atoms with Crippen LogP contribution in [0, 0.1) is 12.3 Å². The SMILES string of the molecule is Cc1c(C(=O)NCC(C)(C)CO)oc2ccc(Br)cc12. The molecule has 0 aliphatic heterocycles. The number of aryl methyl sites for hydroxylation is 1. The van der Waals surface area contributed by atoms with E-state index in [0.717, 1.165) is 15.4 Å². The molecule has 1 aromatic carbocycles. The van der Waals surface area contributed by atoms with Gasteiger partial charge in [0.25, 0.3) is 5.91 Å². The van der Waals surface area contributed by atoms with E-state index in [-0.39, 0.29) is 17.9 Å². The molecule has 1 amide bonds. The molecule has 5 heteroatoms. The lowest BCUT2D eigenvalue weighted by molar-refractivity contribution is 0.0885. The number of hydrogen-bond acceptors (Lipinski definition) is 3. The van der Waals surface area contributed by atoms with Crippen molar-refractivity contribution in [1.29, 1.82) is 0 Å². The van der Waals surface area contributed by atoms with Gasteiger partial charge in [0.2, 0.25) is 0 Å². The Labute approximate surface area is 126 Å². The van der Waals surface area contributed by atoms with Crippen LogP contribution in [0.15, 0.2) is 27.1 Å². The molecule has 0 radical (unpaired) electrons. The summed E-state index contributed by atoms with van der Waals surface area (Å²) in [4.78, 5) is 12.2. The van der Waals surface area contributed by atoms with Crippen molar-refractivity contribution in [3.8, 4) is 0 Å². The molecule has 2 rings (SSSR count). The molecule has 0 bridgehead atoms. The van der Waals surface area contributed by atoms with E-state index in [2.05, 4.69) is 21.2 Å². The van der Waals surface area contributed by atoms with Crippen molar-refractivity contribution in [3.05, 3.63) is 34.0 Å². The molecule has 0 fully saturated rings. The van der Waals surface area contributed by atoms with Gasteiger partial charge in [0.05, 0.1) is 0 Å². The number of fused-ring (bicyclic) bond motifs is 1. The minimum absolute atomic E-state index is 0.0132. The van der Waals surface area contributed by atoms with Crippen LogP contribution in [0.5, 0.6) is 0 Å². The quantitative estimate of drug-likeness (QED) is 0.898. The Balaban J connectivity index is 2.25. The van der Waals surface area contributed by atoms with Crippen LogP contribution < -0.4 is 5.32 Å². The first-order valence-corrected chi connectivity index (χ1v) is 7.21. The van der Waals surface area contributed by atoms with E-state index in [4.69, 9.17) is 4.42 Å². The van der Waals surface area contributed by atoms with Crippen LogP contribution in [0.1, 0.15) is 30.0 Å². The Bertz CT molecular complexity index is 646. The van der Waals surface area contributed by atoms with Gasteiger partial charge >= 0.3 is 0 Å². The van der Waals surface area contributed by atoms with E-state index in [9.17, 15) is 9.90 Å². The highest BCUT2D eigenvalue weighted by molar-refractivity contribution is 9.10. The van der Waals surface area contributed by atoms with Gasteiger partial charge in [-0.05, 0) is 25.1 Å². The summed E-state index contributed by atoms with van der Waals surface area (Å²) < 4.78 is 6.57. The van der Waals surface area contributed by atoms with E-state index >= 15 is 0 Å². The third-order valence-electron chi connectivity index (χ3n) is 3.26. The number of amides is 1. The maximum absolute atomic E-state index is 12.2. The fourth-order valence-corrected chi connectivity index (χ4v) is 2.23. The van der Waals surface area contributed by atoms with E-state index in [1.165, 1.54) is 0 Å². The van der Waals surface area contributed by atoms with Crippen LogP contribution in [0.4, 0.5) is 0 Å². The number of rotatable bonds is 4. The molecule has 0 saturated heterocycles. The number of furan rings is 1. The van der Waals surface area contributed by atoms with Crippen molar-refractivity contribution >= 4 is 32.8 Å². The lowest BCUT2D eigenvalue weighted by atomic mass is 9.95. The number of hydrogen-bond donors (Lipinski definition) is 2. The van der Waals surface area contributed by atoms with Gasteiger partial charge in [0.15, 0.2) is 5.76 Å². The topological polar surface area (TPSA) is 62.5 Å². The van der Waals surface area contributed by atoms with Crippen molar-refractivity contribution in [1.82, 2.24) is 5.32 Å². The summed E-state index contributed by atoms with van der Waals surface area (Å²) >= 11 is 3.41. The van der Waals surface area contributed by atoms with Crippen LogP contribution >= 0.6 is 15.9 Å². The van der Waals surface area contributed by atoms with Crippen molar-refractivity contribution in [2.45, 2.75) is 20.8 Å². The first-order valence-electron chi connectivity index (χ1n) is 6.42. The molecule has 0 saturated carbocycles. The fourth-order valence-electron chi connectivity index (χ4n) is 1.87. The van der Waals surface area contributed by atoms with Gasteiger partial charge in [0.1, 0.15) is 5.58 Å². The number of aliphatic hydroxyl groups excluding tert-OH is 1. The smallest absolute Gasteiger partial charge is 0.287 e. The number of carbonyl (C=O) groups excluding carboxylic acids is 1. The molecule has 4 nitrogen and oxygen atoms in total. The fraction of sp³-hybridized carbons (Fsp3) is 0.400. The molecule has 0 atom stereocenters. The van der Waals surface area contributed by atoms with Crippen molar-refractivity contribution in [2.24, 2.45) is 5.41 Å². The number of aliphatic hydroxyl groups is 1. The molecule has 1 aromatic heterocycles. The summed E-state index contributed by atoms with van der Waals surface area (Å²) in [6, 6.07) is 5.64. The zero-order valence-corrected chi connectivity index (χ0v) is 13.4. The standard InChI is InChI=1S/C15H18BrNO3/c1-9-11-6-10(16)4-5-12(11)20-13(9)14(19)17-7-15(2,3)8-18/h4-6,18H,7-8H2,1-3H3,(H,17,19). The minimum atomic E-state index is -0.349. The van der Waals surface area contributed by atoms with Crippen molar-refractivity contribution in [3.63, 3.8) is 0 Å². The minimum Gasteiger partial charge on any atom is -0.451 e. The molecule has 1 heterocycles. The second-order valence-electron chi connectivity index (χ2n) is 5.70. The zero-order valence-electron chi connectivity index (χ0n) is 11.8. The van der Waals surface area contributed by atoms with Crippen LogP contribution in [-0.2, 0) is 0 Å². The van der Waals surface area contributed by atoms with Gasteiger partial charge in [0, 0.05) is 34.0 Å². The van der Waals surface area contributed by atoms with Crippen molar-refractivity contribution in [2.75, 3.05) is 13.2 Å². The molecule has 0 unspecified atom stereocenters. The first-order chi connectivity index (χ1) is 9.34. The molecular weight excluding hydrogens is 322 g/mol. The van der Waals surface area contributed by atoms with Gasteiger partial charge in [-0.25, -0.2) is 0 Å². The van der Waals surface area contributed by atoms with Gasteiger partial charge in [-0.2, -0.15) is 0 Å². The zero-order chi connectivity index (χ0) is 14.9. The van der Waals surface area contributed by atoms with Gasteiger partial charge < -0.3 is 14.8 Å². The Morgan fingerprint density at radius 2 is 2.15 bits per heavy atom. The van der Waals surface area contributed by atoms with E-state index < -0.39 is 0 Å². The van der Waals surface area contributed by atoms with E-state index in [1.54, 1.807) is 0 Å².